The zero-order valence-electron chi connectivity index (χ0n) is 21.5. The van der Waals surface area contributed by atoms with Crippen molar-refractivity contribution in [2.75, 3.05) is 0 Å². The van der Waals surface area contributed by atoms with Gasteiger partial charge in [0.25, 0.3) is 5.82 Å². The molecule has 0 radical (unpaired) electrons. The molecule has 0 saturated carbocycles. The highest BCUT2D eigenvalue weighted by atomic mass is 15.2. The molecule has 34 heavy (non-hydrogen) atoms. The van der Waals surface area contributed by atoms with E-state index in [0.717, 1.165) is 19.4 Å². The SMILES string of the molecule is Cc1cc(C)cc(-c2cc(CC(C)C)c(-n3cc[n+]4c3-c3ccccc3C4)c(CC(C)C)c2)c1. The predicted molar refractivity (Wildman–Crippen MR) is 142 cm³/mol. The molecule has 0 unspecified atom stereocenters. The van der Waals surface area contributed by atoms with Crippen LogP contribution >= 0.6 is 0 Å². The fourth-order valence-corrected chi connectivity index (χ4v) is 5.65. The van der Waals surface area contributed by atoms with Gasteiger partial charge in [0.05, 0.1) is 5.56 Å². The van der Waals surface area contributed by atoms with Gasteiger partial charge in [-0.15, -0.1) is 0 Å². The Balaban J connectivity index is 1.76. The minimum Gasteiger partial charge on any atom is -0.225 e. The molecule has 4 aromatic rings. The maximum absolute atomic E-state index is 2.48. The van der Waals surface area contributed by atoms with Crippen LogP contribution < -0.4 is 4.57 Å². The first-order valence-corrected chi connectivity index (χ1v) is 12.7. The molecule has 0 N–H and O–H groups in total. The zero-order chi connectivity index (χ0) is 24.0. The molecule has 0 bridgehead atoms. The van der Waals surface area contributed by atoms with Crippen molar-refractivity contribution < 1.29 is 4.57 Å². The molecule has 0 atom stereocenters. The van der Waals surface area contributed by atoms with E-state index in [-0.39, 0.29) is 0 Å². The second-order valence-electron chi connectivity index (χ2n) is 11.0. The van der Waals surface area contributed by atoms with Crippen molar-refractivity contribution in [2.24, 2.45) is 11.8 Å². The number of nitrogens with zero attached hydrogens (tertiary/aromatic N) is 2. The van der Waals surface area contributed by atoms with Crippen LogP contribution in [0.15, 0.2) is 67.0 Å². The van der Waals surface area contributed by atoms with Gasteiger partial charge in [-0.1, -0.05) is 75.2 Å². The molecule has 5 rings (SSSR count). The lowest BCUT2D eigenvalue weighted by molar-refractivity contribution is -0.671. The first-order chi connectivity index (χ1) is 16.3. The van der Waals surface area contributed by atoms with Crippen LogP contribution in [0.3, 0.4) is 0 Å². The Morgan fingerprint density at radius 1 is 0.794 bits per heavy atom. The monoisotopic (exact) mass is 449 g/mol. The molecule has 1 aromatic heterocycles. The van der Waals surface area contributed by atoms with Crippen LogP contribution in [0.25, 0.3) is 28.2 Å². The first kappa shape index (κ1) is 22.7. The highest BCUT2D eigenvalue weighted by molar-refractivity contribution is 5.72. The summed E-state index contributed by atoms with van der Waals surface area (Å²) in [5.41, 5.74) is 12.4. The lowest BCUT2D eigenvalue weighted by atomic mass is 9.89. The third-order valence-electron chi connectivity index (χ3n) is 6.81. The largest absolute Gasteiger partial charge is 0.294 e. The van der Waals surface area contributed by atoms with Gasteiger partial charge >= 0.3 is 0 Å². The molecule has 2 heterocycles. The lowest BCUT2D eigenvalue weighted by Crippen LogP contribution is -2.30. The van der Waals surface area contributed by atoms with Gasteiger partial charge in [0.15, 0.2) is 0 Å². The van der Waals surface area contributed by atoms with Crippen LogP contribution in [-0.2, 0) is 19.4 Å². The summed E-state index contributed by atoms with van der Waals surface area (Å²) in [5.74, 6) is 2.48. The first-order valence-electron chi connectivity index (χ1n) is 12.7. The molecule has 0 spiro atoms. The molecule has 0 fully saturated rings. The third-order valence-corrected chi connectivity index (χ3v) is 6.81. The maximum atomic E-state index is 2.48. The normalized spacial score (nSPS) is 12.5. The molecular weight excluding hydrogens is 412 g/mol. The van der Waals surface area contributed by atoms with Crippen LogP contribution in [-0.4, -0.2) is 4.57 Å². The molecule has 3 aromatic carbocycles. The topological polar surface area (TPSA) is 8.81 Å². The molecule has 2 heteroatoms. The predicted octanol–water partition coefficient (Wildman–Crippen LogP) is 7.47. The third kappa shape index (κ3) is 4.22. The van der Waals surface area contributed by atoms with Crippen LogP contribution in [0.1, 0.15) is 55.5 Å². The Morgan fingerprint density at radius 3 is 2.00 bits per heavy atom. The lowest BCUT2D eigenvalue weighted by Gasteiger charge is -2.19. The number of aromatic nitrogens is 2. The number of hydrogen-bond donors (Lipinski definition) is 0. The number of aryl methyl sites for hydroxylation is 2. The average molecular weight is 450 g/mol. The van der Waals surface area contributed by atoms with Gasteiger partial charge in [-0.25, -0.2) is 4.57 Å². The fourth-order valence-electron chi connectivity index (χ4n) is 5.65. The summed E-state index contributed by atoms with van der Waals surface area (Å²) in [6, 6.07) is 20.7. The van der Waals surface area contributed by atoms with E-state index in [0.29, 0.717) is 11.8 Å². The second-order valence-corrected chi connectivity index (χ2v) is 11.0. The zero-order valence-corrected chi connectivity index (χ0v) is 21.5. The van der Waals surface area contributed by atoms with Crippen molar-refractivity contribution in [3.8, 4) is 28.2 Å². The Labute approximate surface area is 204 Å². The van der Waals surface area contributed by atoms with E-state index >= 15 is 0 Å². The number of benzene rings is 3. The van der Waals surface area contributed by atoms with E-state index in [1.165, 1.54) is 56.0 Å². The van der Waals surface area contributed by atoms with Crippen molar-refractivity contribution in [1.29, 1.82) is 0 Å². The molecular formula is C32H37N2+. The second kappa shape index (κ2) is 8.91. The average Bonchev–Trinajstić information content (AvgIpc) is 3.31. The van der Waals surface area contributed by atoms with Crippen LogP contribution in [0.5, 0.6) is 0 Å². The summed E-state index contributed by atoms with van der Waals surface area (Å²) >= 11 is 0. The summed E-state index contributed by atoms with van der Waals surface area (Å²) in [6.07, 6.45) is 6.67. The van der Waals surface area contributed by atoms with Crippen molar-refractivity contribution in [3.63, 3.8) is 0 Å². The van der Waals surface area contributed by atoms with Gasteiger partial charge in [-0.3, -0.25) is 0 Å². The minimum atomic E-state index is 0.587. The fraction of sp³-hybridized carbons (Fsp3) is 0.344. The van der Waals surface area contributed by atoms with Gasteiger partial charge in [0.1, 0.15) is 24.6 Å². The Kier molecular flexibility index (Phi) is 5.93. The summed E-state index contributed by atoms with van der Waals surface area (Å²) in [4.78, 5) is 0. The van der Waals surface area contributed by atoms with Gasteiger partial charge < -0.3 is 0 Å². The summed E-state index contributed by atoms with van der Waals surface area (Å²) in [5, 5.41) is 0. The van der Waals surface area contributed by atoms with Gasteiger partial charge in [-0.05, 0) is 67.9 Å². The molecule has 0 amide bonds. The minimum absolute atomic E-state index is 0.587. The van der Waals surface area contributed by atoms with Gasteiger partial charge in [0.2, 0.25) is 0 Å². The van der Waals surface area contributed by atoms with Crippen LogP contribution in [0.4, 0.5) is 0 Å². The maximum Gasteiger partial charge on any atom is 0.294 e. The Hall–Kier alpha value is -3.13. The summed E-state index contributed by atoms with van der Waals surface area (Å²) < 4.78 is 4.88. The van der Waals surface area contributed by atoms with Crippen LogP contribution in [0.2, 0.25) is 0 Å². The standard InChI is InChI=1S/C32H37N2/c1-21(2)13-28-18-27(26-16-23(5)15-24(6)17-26)19-29(14-22(3)4)31(28)34-12-11-33-20-25-9-7-8-10-30(25)32(33)34/h7-12,15-19,21-22H,13-14,20H2,1-6H3/q+1. The van der Waals surface area contributed by atoms with Gasteiger partial charge in [-0.2, -0.15) is 4.57 Å². The summed E-state index contributed by atoms with van der Waals surface area (Å²) in [6.45, 7) is 14.7. The quantitative estimate of drug-likeness (QED) is 0.238. The number of rotatable bonds is 6. The molecule has 2 nitrogen and oxygen atoms in total. The Bertz CT molecular complexity index is 1300. The van der Waals surface area contributed by atoms with Crippen molar-refractivity contribution in [3.05, 3.63) is 94.8 Å². The van der Waals surface area contributed by atoms with Crippen molar-refractivity contribution in [2.45, 2.75) is 60.9 Å². The molecule has 1 aliphatic heterocycles. The number of imidazole rings is 1. The van der Waals surface area contributed by atoms with E-state index in [2.05, 4.69) is 118 Å². The van der Waals surface area contributed by atoms with Gasteiger partial charge in [0, 0.05) is 16.7 Å². The molecule has 0 aliphatic carbocycles. The van der Waals surface area contributed by atoms with E-state index in [1.54, 1.807) is 0 Å². The molecule has 1 aliphatic rings. The van der Waals surface area contributed by atoms with E-state index in [1.807, 2.05) is 0 Å². The van der Waals surface area contributed by atoms with E-state index < -0.39 is 0 Å². The smallest absolute Gasteiger partial charge is 0.225 e. The van der Waals surface area contributed by atoms with Crippen molar-refractivity contribution >= 4 is 0 Å². The summed E-state index contributed by atoms with van der Waals surface area (Å²) in [7, 11) is 0. The molecule has 0 saturated heterocycles. The van der Waals surface area contributed by atoms with Crippen molar-refractivity contribution in [1.82, 2.24) is 4.57 Å². The van der Waals surface area contributed by atoms with Crippen LogP contribution in [0, 0.1) is 25.7 Å². The van der Waals surface area contributed by atoms with E-state index in [9.17, 15) is 0 Å². The van der Waals surface area contributed by atoms with E-state index in [4.69, 9.17) is 0 Å². The number of fused-ring (bicyclic) bond motifs is 3. The highest BCUT2D eigenvalue weighted by Gasteiger charge is 2.32. The number of hydrogen-bond acceptors (Lipinski definition) is 0. The Morgan fingerprint density at radius 2 is 1.38 bits per heavy atom. The molecule has 174 valence electrons. The highest BCUT2D eigenvalue weighted by Crippen LogP contribution is 2.36.